The Morgan fingerprint density at radius 2 is 2.00 bits per heavy atom. The standard InChI is InChI=1S/C9H13.C6H8N.Ru/c1-9(2,3)8-6-4-5-7-8;1-5-3-4-6(2)7-5;/h4,6H,5H2,1-3H3;3-4H,1-2H3;. The number of nitrogens with zero attached hydrogens (tertiary/aromatic N) is 1. The van der Waals surface area contributed by atoms with Crippen molar-refractivity contribution in [3.8, 4) is 0 Å². The Labute approximate surface area is 112 Å². The zero-order chi connectivity index (χ0) is 12.7. The van der Waals surface area contributed by atoms with Crippen LogP contribution in [0.15, 0.2) is 39.0 Å². The third-order valence-corrected chi connectivity index (χ3v) is 5.68. The van der Waals surface area contributed by atoms with Gasteiger partial charge in [-0.2, -0.15) is 0 Å². The minimum absolute atomic E-state index is 0.0780. The molecule has 2 heteroatoms. The third kappa shape index (κ3) is 2.85. The SMILES string of the molecule is CC1=N[C](C)([Ru][C]2=C(C(C)(C)C)C=CC2)C=C1. The molecule has 1 aliphatic carbocycles. The molecule has 0 amide bonds. The van der Waals surface area contributed by atoms with E-state index >= 15 is 0 Å². The maximum absolute atomic E-state index is 4.78. The quantitative estimate of drug-likeness (QED) is 0.681. The predicted octanol–water partition coefficient (Wildman–Crippen LogP) is 4.08. The molecule has 0 aromatic carbocycles. The van der Waals surface area contributed by atoms with Gasteiger partial charge in [0, 0.05) is 0 Å². The van der Waals surface area contributed by atoms with Crippen molar-refractivity contribution in [2.75, 3.05) is 0 Å². The van der Waals surface area contributed by atoms with E-state index in [2.05, 4.69) is 58.9 Å². The van der Waals surface area contributed by atoms with E-state index in [1.165, 1.54) is 5.71 Å². The molecule has 0 N–H and O–H groups in total. The van der Waals surface area contributed by atoms with E-state index in [1.807, 2.05) is 0 Å². The van der Waals surface area contributed by atoms with E-state index in [1.54, 1.807) is 9.74 Å². The second kappa shape index (κ2) is 4.32. The normalized spacial score (nSPS) is 28.4. The van der Waals surface area contributed by atoms with Gasteiger partial charge in [-0.3, -0.25) is 0 Å². The molecule has 17 heavy (non-hydrogen) atoms. The first-order valence-electron chi connectivity index (χ1n) is 6.10. The minimum atomic E-state index is 0.0780. The number of aliphatic imine (C=N–C) groups is 1. The van der Waals surface area contributed by atoms with Crippen molar-refractivity contribution in [2.45, 2.75) is 45.2 Å². The molecule has 0 fully saturated rings. The van der Waals surface area contributed by atoms with Crippen LogP contribution in [-0.4, -0.2) is 9.84 Å². The molecular weight excluding hydrogens is 295 g/mol. The predicted molar refractivity (Wildman–Crippen MR) is 70.9 cm³/mol. The van der Waals surface area contributed by atoms with Gasteiger partial charge in [0.05, 0.1) is 0 Å². The van der Waals surface area contributed by atoms with Crippen molar-refractivity contribution in [1.29, 1.82) is 0 Å². The monoisotopic (exact) mass is 317 g/mol. The summed E-state index contributed by atoms with van der Waals surface area (Å²) in [5, 5.41) is 0. The van der Waals surface area contributed by atoms with E-state index in [9.17, 15) is 0 Å². The van der Waals surface area contributed by atoms with Crippen LogP contribution in [0, 0.1) is 5.41 Å². The van der Waals surface area contributed by atoms with Gasteiger partial charge in [-0.05, 0) is 0 Å². The van der Waals surface area contributed by atoms with Crippen LogP contribution in [-0.2, 0) is 17.1 Å². The first-order chi connectivity index (χ1) is 7.80. The Hall–Kier alpha value is -0.487. The van der Waals surface area contributed by atoms with E-state index in [0.717, 1.165) is 6.42 Å². The van der Waals surface area contributed by atoms with Crippen molar-refractivity contribution < 1.29 is 17.1 Å². The number of allylic oxidation sites excluding steroid dienone is 5. The van der Waals surface area contributed by atoms with Gasteiger partial charge in [0.2, 0.25) is 0 Å². The summed E-state index contributed by atoms with van der Waals surface area (Å²) in [4.78, 5) is 4.78. The Morgan fingerprint density at radius 3 is 2.53 bits per heavy atom. The van der Waals surface area contributed by atoms with Gasteiger partial charge < -0.3 is 0 Å². The third-order valence-electron chi connectivity index (χ3n) is 2.97. The molecule has 0 radical (unpaired) electrons. The average molecular weight is 316 g/mol. The Balaban J connectivity index is 2.23. The molecule has 0 saturated heterocycles. The summed E-state index contributed by atoms with van der Waals surface area (Å²) in [6, 6.07) is 0. The van der Waals surface area contributed by atoms with Crippen LogP contribution in [0.1, 0.15) is 41.0 Å². The Kier molecular flexibility index (Phi) is 3.29. The molecule has 1 atom stereocenters. The molecule has 1 heterocycles. The van der Waals surface area contributed by atoms with E-state index < -0.39 is 0 Å². The zero-order valence-corrected chi connectivity index (χ0v) is 13.1. The summed E-state index contributed by atoms with van der Waals surface area (Å²) in [5.41, 5.74) is 2.99. The summed E-state index contributed by atoms with van der Waals surface area (Å²) in [5.74, 6) is 0. The first kappa shape index (κ1) is 13.0. The number of rotatable bonds is 2. The fourth-order valence-corrected chi connectivity index (χ4v) is 5.33. The Morgan fingerprint density at radius 1 is 1.29 bits per heavy atom. The van der Waals surface area contributed by atoms with Crippen LogP contribution < -0.4 is 0 Å². The van der Waals surface area contributed by atoms with E-state index in [0.29, 0.717) is 0 Å². The fraction of sp³-hybridized carbons (Fsp3) is 0.533. The summed E-state index contributed by atoms with van der Waals surface area (Å²) in [7, 11) is 0. The summed E-state index contributed by atoms with van der Waals surface area (Å²) >= 11 is 0.146. The molecule has 0 bridgehead atoms. The fourth-order valence-electron chi connectivity index (χ4n) is 2.16. The molecule has 1 aliphatic heterocycles. The molecule has 0 spiro atoms. The van der Waals surface area contributed by atoms with Gasteiger partial charge >= 0.3 is 112 Å². The van der Waals surface area contributed by atoms with Crippen LogP contribution >= 0.6 is 0 Å². The van der Waals surface area contributed by atoms with Crippen LogP contribution in [0.5, 0.6) is 0 Å². The molecule has 2 aliphatic rings. The van der Waals surface area contributed by atoms with Crippen molar-refractivity contribution in [3.05, 3.63) is 34.0 Å². The van der Waals surface area contributed by atoms with Gasteiger partial charge in [-0.1, -0.05) is 0 Å². The average Bonchev–Trinajstić information content (AvgIpc) is 2.73. The zero-order valence-electron chi connectivity index (χ0n) is 11.3. The summed E-state index contributed by atoms with van der Waals surface area (Å²) in [6.07, 6.45) is 10.2. The summed E-state index contributed by atoms with van der Waals surface area (Å²) < 4.78 is 1.73. The Bertz CT molecular complexity index is 446. The molecule has 0 aromatic heterocycles. The second-order valence-corrected chi connectivity index (χ2v) is 9.08. The van der Waals surface area contributed by atoms with Crippen molar-refractivity contribution >= 4 is 5.71 Å². The number of hydrogen-bond donors (Lipinski definition) is 0. The van der Waals surface area contributed by atoms with Crippen LogP contribution in [0.4, 0.5) is 0 Å². The molecule has 0 saturated carbocycles. The van der Waals surface area contributed by atoms with Crippen molar-refractivity contribution in [2.24, 2.45) is 10.4 Å². The van der Waals surface area contributed by atoms with Crippen molar-refractivity contribution in [1.82, 2.24) is 0 Å². The van der Waals surface area contributed by atoms with Gasteiger partial charge in [-0.25, -0.2) is 0 Å². The first-order valence-corrected chi connectivity index (χ1v) is 7.83. The van der Waals surface area contributed by atoms with Gasteiger partial charge in [0.25, 0.3) is 0 Å². The van der Waals surface area contributed by atoms with Crippen LogP contribution in [0.25, 0.3) is 0 Å². The van der Waals surface area contributed by atoms with E-state index in [-0.39, 0.29) is 26.7 Å². The van der Waals surface area contributed by atoms with Crippen LogP contribution in [0.2, 0.25) is 0 Å². The topological polar surface area (TPSA) is 12.4 Å². The van der Waals surface area contributed by atoms with Gasteiger partial charge in [-0.15, -0.1) is 0 Å². The second-order valence-electron chi connectivity index (χ2n) is 5.83. The molecule has 1 unspecified atom stereocenters. The molecule has 94 valence electrons. The van der Waals surface area contributed by atoms with E-state index in [4.69, 9.17) is 4.99 Å². The number of hydrogen-bond acceptors (Lipinski definition) is 1. The maximum atomic E-state index is 4.78. The molecular formula is C15H21NRu. The molecule has 0 aromatic rings. The summed E-state index contributed by atoms with van der Waals surface area (Å²) in [6.45, 7) is 11.3. The molecule has 2 rings (SSSR count). The molecule has 1 nitrogen and oxygen atoms in total. The van der Waals surface area contributed by atoms with Gasteiger partial charge in [0.15, 0.2) is 0 Å². The van der Waals surface area contributed by atoms with Gasteiger partial charge in [0.1, 0.15) is 0 Å². The van der Waals surface area contributed by atoms with Crippen LogP contribution in [0.3, 0.4) is 0 Å². The van der Waals surface area contributed by atoms with Crippen molar-refractivity contribution in [3.63, 3.8) is 0 Å².